The van der Waals surface area contributed by atoms with Gasteiger partial charge in [0.05, 0.1) is 10.6 Å². The predicted molar refractivity (Wildman–Crippen MR) is 115 cm³/mol. The number of sulfonamides is 1. The average Bonchev–Trinajstić information content (AvgIpc) is 2.68. The molecule has 3 aromatic rings. The molecule has 0 spiro atoms. The molecule has 1 amide bonds. The van der Waals surface area contributed by atoms with Gasteiger partial charge in [-0.1, -0.05) is 36.4 Å². The molecule has 3 rings (SSSR count). The number of anilines is 1. The predicted octanol–water partition coefficient (Wildman–Crippen LogP) is 3.93. The van der Waals surface area contributed by atoms with Gasteiger partial charge in [0.1, 0.15) is 5.75 Å². The van der Waals surface area contributed by atoms with Crippen LogP contribution in [-0.2, 0) is 14.8 Å². The van der Waals surface area contributed by atoms with E-state index in [0.29, 0.717) is 11.4 Å². The number of fused-ring (bicyclic) bond motifs is 1. The molecule has 7 heteroatoms. The number of amides is 1. The summed E-state index contributed by atoms with van der Waals surface area (Å²) in [5.74, 6) is 0.190. The van der Waals surface area contributed by atoms with E-state index in [2.05, 4.69) is 10.0 Å². The van der Waals surface area contributed by atoms with Gasteiger partial charge in [0.2, 0.25) is 0 Å². The largest absolute Gasteiger partial charge is 0.481 e. The van der Waals surface area contributed by atoms with Crippen LogP contribution in [0.5, 0.6) is 5.75 Å². The molecule has 0 aliphatic rings. The fourth-order valence-electron chi connectivity index (χ4n) is 2.87. The third-order valence-corrected chi connectivity index (χ3v) is 5.66. The van der Waals surface area contributed by atoms with E-state index in [1.54, 1.807) is 19.1 Å². The van der Waals surface area contributed by atoms with Crippen LogP contribution in [0.4, 0.5) is 5.69 Å². The smallest absolute Gasteiger partial charge is 0.261 e. The fourth-order valence-corrected chi connectivity index (χ4v) is 3.95. The number of nitrogens with one attached hydrogen (secondary N) is 2. The molecule has 6 nitrogen and oxygen atoms in total. The van der Waals surface area contributed by atoms with Crippen molar-refractivity contribution in [1.29, 1.82) is 0 Å². The lowest BCUT2D eigenvalue weighted by atomic mass is 10.1. The molecule has 0 saturated carbocycles. The lowest BCUT2D eigenvalue weighted by Crippen LogP contribution is -2.40. The van der Waals surface area contributed by atoms with E-state index in [1.807, 2.05) is 44.2 Å². The highest BCUT2D eigenvalue weighted by Crippen LogP contribution is 2.26. The Kier molecular flexibility index (Phi) is 6.08. The van der Waals surface area contributed by atoms with Crippen LogP contribution in [-0.4, -0.2) is 26.5 Å². The van der Waals surface area contributed by atoms with Crippen LogP contribution in [0.1, 0.15) is 20.8 Å². The summed E-state index contributed by atoms with van der Waals surface area (Å²) in [6.45, 7) is 5.38. The van der Waals surface area contributed by atoms with E-state index in [4.69, 9.17) is 4.74 Å². The van der Waals surface area contributed by atoms with Gasteiger partial charge in [0.25, 0.3) is 15.9 Å². The molecule has 152 valence electrons. The number of hydrogen-bond acceptors (Lipinski definition) is 4. The summed E-state index contributed by atoms with van der Waals surface area (Å²) >= 11 is 0. The van der Waals surface area contributed by atoms with Crippen molar-refractivity contribution in [3.63, 3.8) is 0 Å². The minimum absolute atomic E-state index is 0.0150. The minimum Gasteiger partial charge on any atom is -0.481 e. The molecule has 2 N–H and O–H groups in total. The van der Waals surface area contributed by atoms with Crippen LogP contribution < -0.4 is 14.8 Å². The van der Waals surface area contributed by atoms with Crippen molar-refractivity contribution in [3.8, 4) is 5.75 Å². The van der Waals surface area contributed by atoms with Gasteiger partial charge in [0, 0.05) is 11.4 Å². The van der Waals surface area contributed by atoms with Gasteiger partial charge < -0.3 is 10.1 Å². The average molecular weight is 413 g/mol. The van der Waals surface area contributed by atoms with Crippen LogP contribution >= 0.6 is 0 Å². The zero-order valence-electron chi connectivity index (χ0n) is 16.5. The van der Waals surface area contributed by atoms with E-state index in [0.717, 1.165) is 10.8 Å². The van der Waals surface area contributed by atoms with Crippen molar-refractivity contribution in [2.75, 3.05) is 4.72 Å². The molecular weight excluding hydrogens is 388 g/mol. The van der Waals surface area contributed by atoms with E-state index in [9.17, 15) is 13.2 Å². The van der Waals surface area contributed by atoms with Crippen molar-refractivity contribution in [3.05, 3.63) is 66.7 Å². The van der Waals surface area contributed by atoms with E-state index in [1.165, 1.54) is 24.3 Å². The van der Waals surface area contributed by atoms with Gasteiger partial charge in [-0.25, -0.2) is 8.42 Å². The molecule has 0 fully saturated rings. The first-order valence-electron chi connectivity index (χ1n) is 9.34. The van der Waals surface area contributed by atoms with Crippen molar-refractivity contribution >= 4 is 32.4 Å². The van der Waals surface area contributed by atoms with Gasteiger partial charge in [-0.05, 0) is 56.5 Å². The molecule has 0 bridgehead atoms. The summed E-state index contributed by atoms with van der Waals surface area (Å²) < 4.78 is 33.8. The highest BCUT2D eigenvalue weighted by Gasteiger charge is 2.18. The highest BCUT2D eigenvalue weighted by atomic mass is 32.2. The Morgan fingerprint density at radius 3 is 2.24 bits per heavy atom. The normalized spacial score (nSPS) is 12.6. The summed E-state index contributed by atoms with van der Waals surface area (Å²) in [5, 5.41) is 4.54. The number of carbonyl (C=O) groups excluding carboxylic acids is 1. The van der Waals surface area contributed by atoms with Gasteiger partial charge in [-0.3, -0.25) is 9.52 Å². The Hall–Kier alpha value is -3.06. The minimum atomic E-state index is -3.77. The molecule has 0 aliphatic carbocycles. The Morgan fingerprint density at radius 2 is 1.55 bits per heavy atom. The Balaban J connectivity index is 1.75. The molecule has 3 aromatic carbocycles. The molecule has 0 aliphatic heterocycles. The standard InChI is InChI=1S/C22H24N2O4S/c1-15(2)23-22(25)16(3)28-18-11-13-19(14-12-18)29(26,27)24-21-10-6-8-17-7-4-5-9-20(17)21/h4-16,24H,1-3H3,(H,23,25)/t16-/m1/s1. The van der Waals surface area contributed by atoms with Crippen molar-refractivity contribution < 1.29 is 17.9 Å². The zero-order valence-corrected chi connectivity index (χ0v) is 17.4. The summed E-state index contributed by atoms with van der Waals surface area (Å²) in [7, 11) is -3.77. The molecule has 0 saturated heterocycles. The second kappa shape index (κ2) is 8.53. The van der Waals surface area contributed by atoms with Gasteiger partial charge in [-0.15, -0.1) is 0 Å². The molecule has 0 heterocycles. The quantitative estimate of drug-likeness (QED) is 0.616. The van der Waals surface area contributed by atoms with Crippen molar-refractivity contribution in [1.82, 2.24) is 5.32 Å². The summed E-state index contributed by atoms with van der Waals surface area (Å²) in [6, 6.07) is 19.0. The first-order valence-corrected chi connectivity index (χ1v) is 10.8. The number of hydrogen-bond donors (Lipinski definition) is 2. The van der Waals surface area contributed by atoms with E-state index in [-0.39, 0.29) is 16.8 Å². The number of carbonyl (C=O) groups is 1. The van der Waals surface area contributed by atoms with Crippen molar-refractivity contribution in [2.24, 2.45) is 0 Å². The monoisotopic (exact) mass is 412 g/mol. The number of benzene rings is 3. The summed E-state index contributed by atoms with van der Waals surface area (Å²) in [4.78, 5) is 12.1. The third-order valence-electron chi connectivity index (χ3n) is 4.28. The van der Waals surface area contributed by atoms with Crippen molar-refractivity contribution in [2.45, 2.75) is 37.8 Å². The second-order valence-electron chi connectivity index (χ2n) is 7.03. The first-order chi connectivity index (χ1) is 13.8. The summed E-state index contributed by atoms with van der Waals surface area (Å²) in [5.41, 5.74) is 0.516. The molecular formula is C22H24N2O4S. The Bertz CT molecular complexity index is 1100. The van der Waals surface area contributed by atoms with E-state index < -0.39 is 16.1 Å². The maximum atomic E-state index is 12.8. The topological polar surface area (TPSA) is 84.5 Å². The second-order valence-corrected chi connectivity index (χ2v) is 8.71. The highest BCUT2D eigenvalue weighted by molar-refractivity contribution is 7.92. The lowest BCUT2D eigenvalue weighted by molar-refractivity contribution is -0.127. The molecule has 0 unspecified atom stereocenters. The molecule has 29 heavy (non-hydrogen) atoms. The Labute approximate surface area is 170 Å². The van der Waals surface area contributed by atoms with Crippen LogP contribution in [0.15, 0.2) is 71.6 Å². The molecule has 0 aromatic heterocycles. The van der Waals surface area contributed by atoms with Crippen LogP contribution in [0.3, 0.4) is 0 Å². The first kappa shape index (κ1) is 20.7. The maximum absolute atomic E-state index is 12.8. The van der Waals surface area contributed by atoms with Crippen LogP contribution in [0.2, 0.25) is 0 Å². The van der Waals surface area contributed by atoms with E-state index >= 15 is 0 Å². The SMILES string of the molecule is CC(C)NC(=O)[C@@H](C)Oc1ccc(S(=O)(=O)Nc2cccc3ccccc23)cc1. The Morgan fingerprint density at radius 1 is 0.897 bits per heavy atom. The maximum Gasteiger partial charge on any atom is 0.261 e. The molecule has 0 radical (unpaired) electrons. The van der Waals surface area contributed by atoms with Crippen LogP contribution in [0.25, 0.3) is 10.8 Å². The summed E-state index contributed by atoms with van der Waals surface area (Å²) in [6.07, 6.45) is -0.686. The third kappa shape index (κ3) is 5.06. The number of ether oxygens (including phenoxy) is 1. The van der Waals surface area contributed by atoms with Gasteiger partial charge >= 0.3 is 0 Å². The lowest BCUT2D eigenvalue weighted by Gasteiger charge is -2.16. The molecule has 1 atom stereocenters. The zero-order chi connectivity index (χ0) is 21.0. The van der Waals surface area contributed by atoms with Gasteiger partial charge in [-0.2, -0.15) is 0 Å². The number of rotatable bonds is 7. The fraction of sp³-hybridized carbons (Fsp3) is 0.227. The van der Waals surface area contributed by atoms with Crippen LogP contribution in [0, 0.1) is 0 Å². The van der Waals surface area contributed by atoms with Gasteiger partial charge in [0.15, 0.2) is 6.10 Å².